The summed E-state index contributed by atoms with van der Waals surface area (Å²) in [5.74, 6) is 1.37. The number of benzene rings is 1. The molecule has 1 saturated heterocycles. The molecule has 3 rings (SSSR count). The highest BCUT2D eigenvalue weighted by atomic mass is 79.9. The number of amides is 1. The maximum atomic E-state index is 12.6. The smallest absolute Gasteiger partial charge is 0.253 e. The van der Waals surface area contributed by atoms with Crippen LogP contribution < -0.4 is 10.1 Å². The molecule has 1 aromatic heterocycles. The molecule has 2 heterocycles. The molecule has 0 bridgehead atoms. The van der Waals surface area contributed by atoms with Crippen LogP contribution in [0.15, 0.2) is 33.3 Å². The van der Waals surface area contributed by atoms with Gasteiger partial charge in [-0.3, -0.25) is 4.79 Å². The van der Waals surface area contributed by atoms with Crippen molar-refractivity contribution in [3.05, 3.63) is 45.8 Å². The largest absolute Gasteiger partial charge is 0.484 e. The van der Waals surface area contributed by atoms with Crippen LogP contribution in [-0.4, -0.2) is 41.6 Å². The lowest BCUT2D eigenvalue weighted by atomic mass is 10.1. The minimum atomic E-state index is 0.0430. The van der Waals surface area contributed by atoms with E-state index in [1.807, 2.05) is 17.9 Å². The van der Waals surface area contributed by atoms with Crippen molar-refractivity contribution in [2.75, 3.05) is 19.6 Å². The Morgan fingerprint density at radius 1 is 1.50 bits per heavy atom. The molecule has 1 atom stereocenters. The fourth-order valence-electron chi connectivity index (χ4n) is 2.68. The van der Waals surface area contributed by atoms with Crippen LogP contribution in [-0.2, 0) is 6.61 Å². The molecule has 128 valence electrons. The minimum absolute atomic E-state index is 0.0430. The Labute approximate surface area is 149 Å². The molecule has 1 fully saturated rings. The summed E-state index contributed by atoms with van der Waals surface area (Å²) in [7, 11) is 0. The van der Waals surface area contributed by atoms with Gasteiger partial charge < -0.3 is 19.5 Å². The molecule has 0 aliphatic carbocycles. The van der Waals surface area contributed by atoms with Crippen LogP contribution in [0.2, 0.25) is 0 Å². The topological polar surface area (TPSA) is 67.6 Å². The highest BCUT2D eigenvalue weighted by Crippen LogP contribution is 2.27. The van der Waals surface area contributed by atoms with Gasteiger partial charge in [-0.25, -0.2) is 0 Å². The van der Waals surface area contributed by atoms with Crippen molar-refractivity contribution in [1.29, 1.82) is 0 Å². The van der Waals surface area contributed by atoms with Crippen LogP contribution in [0, 0.1) is 6.92 Å². The molecular formula is C17H20BrN3O3. The van der Waals surface area contributed by atoms with E-state index in [0.29, 0.717) is 29.7 Å². The molecule has 2 aromatic rings. The second-order valence-electron chi connectivity index (χ2n) is 5.97. The van der Waals surface area contributed by atoms with Gasteiger partial charge in [-0.2, -0.15) is 0 Å². The zero-order chi connectivity index (χ0) is 17.1. The first-order valence-electron chi connectivity index (χ1n) is 7.90. The number of ether oxygens (including phenoxy) is 1. The van der Waals surface area contributed by atoms with Crippen molar-refractivity contribution in [3.8, 4) is 5.75 Å². The molecule has 24 heavy (non-hydrogen) atoms. The zero-order valence-corrected chi connectivity index (χ0v) is 15.3. The standard InChI is InChI=1S/C17H20BrN3O3/c1-11-7-14(24-20-11)10-23-16-4-3-13(8-15(16)18)17(22)21-6-5-19-12(2)9-21/h3-4,7-8,12,19H,5-6,9-10H2,1-2H3/t12-/m0/s1. The molecule has 6 nitrogen and oxygen atoms in total. The number of rotatable bonds is 4. The number of nitrogens with zero attached hydrogens (tertiary/aromatic N) is 2. The lowest BCUT2D eigenvalue weighted by molar-refractivity contribution is 0.0709. The van der Waals surface area contributed by atoms with Gasteiger partial charge in [-0.15, -0.1) is 0 Å². The fraction of sp³-hybridized carbons (Fsp3) is 0.412. The Morgan fingerprint density at radius 3 is 3.00 bits per heavy atom. The molecule has 0 spiro atoms. The van der Waals surface area contributed by atoms with Gasteiger partial charge >= 0.3 is 0 Å². The highest BCUT2D eigenvalue weighted by Gasteiger charge is 2.22. The van der Waals surface area contributed by atoms with Crippen molar-refractivity contribution in [2.24, 2.45) is 0 Å². The summed E-state index contributed by atoms with van der Waals surface area (Å²) in [6, 6.07) is 7.54. The SMILES string of the molecule is Cc1cc(COc2ccc(C(=O)N3CCN[C@@H](C)C3)cc2Br)on1. The van der Waals surface area contributed by atoms with E-state index in [-0.39, 0.29) is 5.91 Å². The number of hydrogen-bond donors (Lipinski definition) is 1. The molecule has 0 unspecified atom stereocenters. The van der Waals surface area contributed by atoms with Gasteiger partial charge in [0, 0.05) is 37.3 Å². The third-order valence-corrected chi connectivity index (χ3v) is 4.50. The molecule has 1 amide bonds. The predicted molar refractivity (Wildman–Crippen MR) is 93.1 cm³/mol. The normalized spacial score (nSPS) is 17.8. The number of piperazine rings is 1. The summed E-state index contributed by atoms with van der Waals surface area (Å²) in [5.41, 5.74) is 1.47. The van der Waals surface area contributed by atoms with Crippen molar-refractivity contribution in [2.45, 2.75) is 26.5 Å². The summed E-state index contributed by atoms with van der Waals surface area (Å²) in [6.07, 6.45) is 0. The van der Waals surface area contributed by atoms with Crippen LogP contribution in [0.25, 0.3) is 0 Å². The summed E-state index contributed by atoms with van der Waals surface area (Å²) < 4.78 is 11.6. The molecule has 7 heteroatoms. The number of carbonyl (C=O) groups excluding carboxylic acids is 1. The van der Waals surface area contributed by atoms with Gasteiger partial charge in [0.05, 0.1) is 10.2 Å². The van der Waals surface area contributed by atoms with E-state index < -0.39 is 0 Å². The lowest BCUT2D eigenvalue weighted by Crippen LogP contribution is -2.51. The molecule has 1 aromatic carbocycles. The van der Waals surface area contributed by atoms with Gasteiger partial charge in [-0.1, -0.05) is 5.16 Å². The Kier molecular flexibility index (Phi) is 5.20. The quantitative estimate of drug-likeness (QED) is 0.864. The zero-order valence-electron chi connectivity index (χ0n) is 13.7. The number of aryl methyl sites for hydroxylation is 1. The summed E-state index contributed by atoms with van der Waals surface area (Å²) in [6.45, 7) is 6.51. The highest BCUT2D eigenvalue weighted by molar-refractivity contribution is 9.10. The van der Waals surface area contributed by atoms with Crippen molar-refractivity contribution in [1.82, 2.24) is 15.4 Å². The Hall–Kier alpha value is -1.86. The summed E-state index contributed by atoms with van der Waals surface area (Å²) >= 11 is 3.48. The van der Waals surface area contributed by atoms with E-state index >= 15 is 0 Å². The lowest BCUT2D eigenvalue weighted by Gasteiger charge is -2.32. The molecule has 1 aliphatic heterocycles. The van der Waals surface area contributed by atoms with E-state index in [9.17, 15) is 4.79 Å². The Bertz CT molecular complexity index is 732. The molecule has 1 N–H and O–H groups in total. The Morgan fingerprint density at radius 2 is 2.33 bits per heavy atom. The Balaban J connectivity index is 1.66. The van der Waals surface area contributed by atoms with Crippen molar-refractivity contribution < 1.29 is 14.1 Å². The van der Waals surface area contributed by atoms with Gasteiger partial charge in [0.2, 0.25) is 0 Å². The number of halogens is 1. The minimum Gasteiger partial charge on any atom is -0.484 e. The van der Waals surface area contributed by atoms with Gasteiger partial charge in [0.25, 0.3) is 5.91 Å². The molecule has 0 radical (unpaired) electrons. The van der Waals surface area contributed by atoms with E-state index in [0.717, 1.165) is 29.8 Å². The first kappa shape index (κ1) is 17.0. The molecule has 1 aliphatic rings. The van der Waals surface area contributed by atoms with E-state index in [1.165, 1.54) is 0 Å². The average molecular weight is 394 g/mol. The summed E-state index contributed by atoms with van der Waals surface area (Å²) in [4.78, 5) is 14.5. The second kappa shape index (κ2) is 7.36. The van der Waals surface area contributed by atoms with E-state index in [2.05, 4.69) is 33.3 Å². The maximum Gasteiger partial charge on any atom is 0.253 e. The van der Waals surface area contributed by atoms with Crippen molar-refractivity contribution in [3.63, 3.8) is 0 Å². The number of nitrogens with one attached hydrogen (secondary N) is 1. The fourth-order valence-corrected chi connectivity index (χ4v) is 3.18. The van der Waals surface area contributed by atoms with E-state index in [4.69, 9.17) is 9.26 Å². The average Bonchev–Trinajstić information content (AvgIpc) is 2.98. The van der Waals surface area contributed by atoms with Gasteiger partial charge in [-0.05, 0) is 48.0 Å². The molecule has 0 saturated carbocycles. The van der Waals surface area contributed by atoms with Crippen LogP contribution >= 0.6 is 15.9 Å². The second-order valence-corrected chi connectivity index (χ2v) is 6.83. The first-order valence-corrected chi connectivity index (χ1v) is 8.69. The third-order valence-electron chi connectivity index (χ3n) is 3.88. The van der Waals surface area contributed by atoms with E-state index in [1.54, 1.807) is 18.2 Å². The first-order chi connectivity index (χ1) is 11.5. The maximum absolute atomic E-state index is 12.6. The van der Waals surface area contributed by atoms with Gasteiger partial charge in [0.1, 0.15) is 12.4 Å². The number of hydrogen-bond acceptors (Lipinski definition) is 5. The number of aromatic nitrogens is 1. The summed E-state index contributed by atoms with van der Waals surface area (Å²) in [5, 5.41) is 7.16. The van der Waals surface area contributed by atoms with Crippen LogP contribution in [0.5, 0.6) is 5.75 Å². The van der Waals surface area contributed by atoms with Crippen LogP contribution in [0.1, 0.15) is 28.7 Å². The molecular weight excluding hydrogens is 374 g/mol. The van der Waals surface area contributed by atoms with Crippen LogP contribution in [0.4, 0.5) is 0 Å². The van der Waals surface area contributed by atoms with Crippen LogP contribution in [0.3, 0.4) is 0 Å². The van der Waals surface area contributed by atoms with Crippen molar-refractivity contribution >= 4 is 21.8 Å². The van der Waals surface area contributed by atoms with Gasteiger partial charge in [0.15, 0.2) is 5.76 Å². The monoisotopic (exact) mass is 393 g/mol. The predicted octanol–water partition coefficient (Wildman–Crippen LogP) is 2.76. The third kappa shape index (κ3) is 3.96. The number of carbonyl (C=O) groups is 1.